The Morgan fingerprint density at radius 2 is 2.12 bits per heavy atom. The molecule has 0 spiro atoms. The molecule has 1 saturated heterocycles. The number of hydrogen-bond acceptors (Lipinski definition) is 5. The van der Waals surface area contributed by atoms with Crippen molar-refractivity contribution >= 4 is 11.6 Å². The lowest BCUT2D eigenvalue weighted by atomic mass is 9.97. The van der Waals surface area contributed by atoms with Crippen molar-refractivity contribution in [2.45, 2.75) is 25.7 Å². The van der Waals surface area contributed by atoms with E-state index in [0.29, 0.717) is 47.2 Å². The second-order valence-electron chi connectivity index (χ2n) is 8.02. The van der Waals surface area contributed by atoms with Gasteiger partial charge in [-0.3, -0.25) is 4.79 Å². The molecule has 1 aliphatic rings. The van der Waals surface area contributed by atoms with Gasteiger partial charge in [0.25, 0.3) is 5.91 Å². The number of nitrogens with zero attached hydrogens (tertiary/aromatic N) is 4. The Kier molecular flexibility index (Phi) is 5.13. The molecule has 1 aromatic carbocycles. The van der Waals surface area contributed by atoms with Crippen molar-refractivity contribution in [2.24, 2.45) is 0 Å². The smallest absolute Gasteiger partial charge is 0.257 e. The van der Waals surface area contributed by atoms with Crippen LogP contribution in [-0.4, -0.2) is 45.6 Å². The molecule has 5 rings (SSSR count). The van der Waals surface area contributed by atoms with Gasteiger partial charge in [-0.15, -0.1) is 0 Å². The number of fused-ring (bicyclic) bond motifs is 1. The molecule has 164 valence electrons. The number of piperidine rings is 1. The number of carbonyl (C=O) groups is 1. The van der Waals surface area contributed by atoms with E-state index in [1.165, 1.54) is 12.1 Å². The minimum atomic E-state index is -0.333. The zero-order chi connectivity index (χ0) is 22.2. The van der Waals surface area contributed by atoms with E-state index in [9.17, 15) is 9.18 Å². The van der Waals surface area contributed by atoms with Crippen molar-refractivity contribution in [3.8, 4) is 16.9 Å². The van der Waals surface area contributed by atoms with Gasteiger partial charge in [-0.05, 0) is 56.2 Å². The SMILES string of the molecule is COc1ccc(F)cc1-c1ccc2nc([C@H]3CCCN(C(=O)c4ccoc4C)C3)nn2c1. The maximum absolute atomic E-state index is 13.8. The number of carbonyl (C=O) groups excluding carboxylic acids is 1. The molecule has 0 aliphatic carbocycles. The van der Waals surface area contributed by atoms with E-state index in [1.807, 2.05) is 23.2 Å². The van der Waals surface area contributed by atoms with E-state index in [4.69, 9.17) is 14.1 Å². The summed E-state index contributed by atoms with van der Waals surface area (Å²) in [5.74, 6) is 1.61. The first kappa shape index (κ1) is 20.2. The van der Waals surface area contributed by atoms with Crippen LogP contribution in [0.1, 0.15) is 40.7 Å². The van der Waals surface area contributed by atoms with Crippen molar-refractivity contribution in [1.82, 2.24) is 19.5 Å². The summed E-state index contributed by atoms with van der Waals surface area (Å²) in [7, 11) is 1.56. The Balaban J connectivity index is 1.42. The number of hydrogen-bond donors (Lipinski definition) is 0. The molecule has 1 fully saturated rings. The fourth-order valence-electron chi connectivity index (χ4n) is 4.29. The Labute approximate surface area is 184 Å². The lowest BCUT2D eigenvalue weighted by molar-refractivity contribution is 0.0703. The lowest BCUT2D eigenvalue weighted by Crippen LogP contribution is -2.39. The van der Waals surface area contributed by atoms with Gasteiger partial charge in [0, 0.05) is 36.3 Å². The summed E-state index contributed by atoms with van der Waals surface area (Å²) in [5, 5.41) is 4.69. The third-order valence-corrected chi connectivity index (χ3v) is 5.98. The van der Waals surface area contributed by atoms with E-state index in [1.54, 1.807) is 36.9 Å². The molecule has 3 aromatic heterocycles. The van der Waals surface area contributed by atoms with Gasteiger partial charge in [-0.1, -0.05) is 0 Å². The first-order valence-electron chi connectivity index (χ1n) is 10.6. The highest BCUT2D eigenvalue weighted by molar-refractivity contribution is 5.95. The number of pyridine rings is 1. The number of furan rings is 1. The summed E-state index contributed by atoms with van der Waals surface area (Å²) in [4.78, 5) is 19.4. The Morgan fingerprint density at radius 3 is 2.91 bits per heavy atom. The van der Waals surface area contributed by atoms with Crippen molar-refractivity contribution in [3.63, 3.8) is 0 Å². The van der Waals surface area contributed by atoms with Crippen molar-refractivity contribution < 1.29 is 18.3 Å². The van der Waals surface area contributed by atoms with Crippen LogP contribution >= 0.6 is 0 Å². The van der Waals surface area contributed by atoms with E-state index < -0.39 is 0 Å². The van der Waals surface area contributed by atoms with Gasteiger partial charge in [-0.25, -0.2) is 13.9 Å². The average molecular weight is 434 g/mol. The van der Waals surface area contributed by atoms with Crippen molar-refractivity contribution in [3.05, 3.63) is 71.8 Å². The number of halogens is 1. The van der Waals surface area contributed by atoms with E-state index in [-0.39, 0.29) is 17.6 Å². The number of amides is 1. The van der Waals surface area contributed by atoms with Gasteiger partial charge < -0.3 is 14.1 Å². The minimum absolute atomic E-state index is 0.0230. The molecule has 1 amide bonds. The highest BCUT2D eigenvalue weighted by Gasteiger charge is 2.29. The van der Waals surface area contributed by atoms with E-state index in [0.717, 1.165) is 18.4 Å². The van der Waals surface area contributed by atoms with Gasteiger partial charge >= 0.3 is 0 Å². The van der Waals surface area contributed by atoms with Crippen LogP contribution in [0.25, 0.3) is 16.8 Å². The summed E-state index contributed by atoms with van der Waals surface area (Å²) in [5.41, 5.74) is 2.73. The largest absolute Gasteiger partial charge is 0.496 e. The molecule has 0 saturated carbocycles. The average Bonchev–Trinajstić information content (AvgIpc) is 3.44. The molecular weight excluding hydrogens is 411 g/mol. The molecule has 0 N–H and O–H groups in total. The predicted octanol–water partition coefficient (Wildman–Crippen LogP) is 4.47. The number of aromatic nitrogens is 3. The Bertz CT molecular complexity index is 1300. The second kappa shape index (κ2) is 8.11. The van der Waals surface area contributed by atoms with Gasteiger partial charge in [0.15, 0.2) is 11.5 Å². The summed E-state index contributed by atoms with van der Waals surface area (Å²) < 4.78 is 26.2. The van der Waals surface area contributed by atoms with Crippen LogP contribution in [-0.2, 0) is 0 Å². The number of methoxy groups -OCH3 is 1. The molecule has 1 aliphatic heterocycles. The highest BCUT2D eigenvalue weighted by Crippen LogP contribution is 2.31. The molecule has 0 unspecified atom stereocenters. The number of aryl methyl sites for hydroxylation is 1. The highest BCUT2D eigenvalue weighted by atomic mass is 19.1. The lowest BCUT2D eigenvalue weighted by Gasteiger charge is -2.31. The first-order chi connectivity index (χ1) is 15.5. The van der Waals surface area contributed by atoms with Crippen LogP contribution in [0.3, 0.4) is 0 Å². The van der Waals surface area contributed by atoms with Crippen LogP contribution in [0.5, 0.6) is 5.75 Å². The summed E-state index contributed by atoms with van der Waals surface area (Å²) >= 11 is 0. The number of likely N-dealkylation sites (tertiary alicyclic amines) is 1. The van der Waals surface area contributed by atoms with Gasteiger partial charge in [0.1, 0.15) is 17.3 Å². The minimum Gasteiger partial charge on any atom is -0.496 e. The number of benzene rings is 1. The summed E-state index contributed by atoms with van der Waals surface area (Å²) in [6.07, 6.45) is 5.16. The number of rotatable bonds is 4. The quantitative estimate of drug-likeness (QED) is 0.474. The molecule has 1 atom stereocenters. The third-order valence-electron chi connectivity index (χ3n) is 5.98. The van der Waals surface area contributed by atoms with Crippen LogP contribution in [0.15, 0.2) is 53.3 Å². The third kappa shape index (κ3) is 3.62. The van der Waals surface area contributed by atoms with Crippen LogP contribution in [0.2, 0.25) is 0 Å². The van der Waals surface area contributed by atoms with Crippen LogP contribution in [0.4, 0.5) is 4.39 Å². The molecule has 8 heteroatoms. The number of ether oxygens (including phenoxy) is 1. The molecule has 0 bridgehead atoms. The normalized spacial score (nSPS) is 16.5. The van der Waals surface area contributed by atoms with Gasteiger partial charge in [0.05, 0.1) is 18.9 Å². The zero-order valence-electron chi connectivity index (χ0n) is 17.9. The summed E-state index contributed by atoms with van der Waals surface area (Å²) in [6.45, 7) is 3.06. The van der Waals surface area contributed by atoms with Gasteiger partial charge in [0.2, 0.25) is 0 Å². The molecule has 4 aromatic rings. The zero-order valence-corrected chi connectivity index (χ0v) is 17.9. The molecular formula is C24H23FN4O3. The van der Waals surface area contributed by atoms with Crippen LogP contribution < -0.4 is 4.74 Å². The maximum Gasteiger partial charge on any atom is 0.257 e. The molecule has 0 radical (unpaired) electrons. The topological polar surface area (TPSA) is 72.9 Å². The Morgan fingerprint density at radius 1 is 1.25 bits per heavy atom. The predicted molar refractivity (Wildman–Crippen MR) is 116 cm³/mol. The standard InChI is InChI=1S/C24H23FN4O3/c1-15-19(9-11-32-15)24(30)28-10-3-4-17(13-28)23-26-22-8-5-16(14-29(22)27-23)20-12-18(25)6-7-21(20)31-2/h5-9,11-12,14,17H,3-4,10,13H2,1-2H3/t17-/m0/s1. The van der Waals surface area contributed by atoms with Gasteiger partial charge in [-0.2, -0.15) is 5.10 Å². The summed E-state index contributed by atoms with van der Waals surface area (Å²) in [6, 6.07) is 9.87. The van der Waals surface area contributed by atoms with Crippen molar-refractivity contribution in [1.29, 1.82) is 0 Å². The fraction of sp³-hybridized carbons (Fsp3) is 0.292. The second-order valence-corrected chi connectivity index (χ2v) is 8.02. The fourth-order valence-corrected chi connectivity index (χ4v) is 4.29. The van der Waals surface area contributed by atoms with Crippen LogP contribution in [0, 0.1) is 12.7 Å². The van der Waals surface area contributed by atoms with E-state index >= 15 is 0 Å². The molecule has 7 nitrogen and oxygen atoms in total. The monoisotopic (exact) mass is 434 g/mol. The van der Waals surface area contributed by atoms with Crippen molar-refractivity contribution in [2.75, 3.05) is 20.2 Å². The molecule has 4 heterocycles. The van der Waals surface area contributed by atoms with E-state index in [2.05, 4.69) is 5.10 Å². The Hall–Kier alpha value is -3.68. The molecule has 32 heavy (non-hydrogen) atoms. The maximum atomic E-state index is 13.8. The first-order valence-corrected chi connectivity index (χ1v) is 10.6.